The number of ether oxygens (including phenoxy) is 2. The fourth-order valence-corrected chi connectivity index (χ4v) is 4.91. The van der Waals surface area contributed by atoms with Gasteiger partial charge in [-0.05, 0) is 36.2 Å². The number of nitrogens with one attached hydrogen (secondary N) is 1. The number of carbonyl (C=O) groups excluding carboxylic acids is 1. The zero-order valence-electron chi connectivity index (χ0n) is 16.1. The normalized spacial score (nSPS) is 13.0. The zero-order chi connectivity index (χ0) is 20.8. The lowest BCUT2D eigenvalue weighted by Gasteiger charge is -2.18. The summed E-state index contributed by atoms with van der Waals surface area (Å²) < 4.78 is 11.3. The van der Waals surface area contributed by atoms with Gasteiger partial charge in [0.05, 0.1) is 11.2 Å². The maximum Gasteiger partial charge on any atom is 0.267 e. The lowest BCUT2D eigenvalue weighted by Crippen LogP contribution is -2.15. The summed E-state index contributed by atoms with van der Waals surface area (Å²) in [7, 11) is 0. The number of aromatic nitrogens is 1. The van der Waals surface area contributed by atoms with Crippen molar-refractivity contribution >= 4 is 61.3 Å². The van der Waals surface area contributed by atoms with Crippen molar-refractivity contribution in [3.8, 4) is 11.5 Å². The molecule has 1 aliphatic rings. The predicted octanol–water partition coefficient (Wildman–Crippen LogP) is 5.27. The van der Waals surface area contributed by atoms with Crippen LogP contribution in [0.3, 0.4) is 0 Å². The molecule has 6 nitrogen and oxygen atoms in total. The van der Waals surface area contributed by atoms with E-state index in [4.69, 9.17) is 31.8 Å². The summed E-state index contributed by atoms with van der Waals surface area (Å²) in [6.07, 6.45) is 0.707. The molecule has 0 radical (unpaired) electrons. The Morgan fingerprint density at radius 1 is 1.23 bits per heavy atom. The number of benzene rings is 2. The van der Waals surface area contributed by atoms with Crippen molar-refractivity contribution in [2.45, 2.75) is 13.3 Å². The van der Waals surface area contributed by atoms with Crippen molar-refractivity contribution in [3.63, 3.8) is 0 Å². The molecule has 5 rings (SSSR count). The summed E-state index contributed by atoms with van der Waals surface area (Å²) in [5, 5.41) is 5.20. The van der Waals surface area contributed by atoms with Gasteiger partial charge in [0, 0.05) is 27.5 Å². The molecule has 1 amide bonds. The molecule has 0 unspecified atom stereocenters. The van der Waals surface area contributed by atoms with Gasteiger partial charge in [0.2, 0.25) is 0 Å². The summed E-state index contributed by atoms with van der Waals surface area (Å²) in [4.78, 5) is 18.8. The molecule has 0 saturated carbocycles. The molecule has 0 bridgehead atoms. The monoisotopic (exact) mass is 439 g/mol. The van der Waals surface area contributed by atoms with Crippen LogP contribution in [0.1, 0.15) is 22.2 Å². The molecule has 2 aromatic heterocycles. The van der Waals surface area contributed by atoms with Gasteiger partial charge in [0.25, 0.3) is 5.91 Å². The van der Waals surface area contributed by atoms with Gasteiger partial charge < -0.3 is 20.5 Å². The Morgan fingerprint density at radius 3 is 2.77 bits per heavy atom. The SMILES string of the molecule is CCc1c(Cl)cccc1NC(=O)c1sc2nc3cc4c(cc3cc2c1N)OCCO4. The quantitative estimate of drug-likeness (QED) is 0.454. The van der Waals surface area contributed by atoms with E-state index in [2.05, 4.69) is 5.32 Å². The maximum atomic E-state index is 13.0. The van der Waals surface area contributed by atoms with Gasteiger partial charge >= 0.3 is 0 Å². The van der Waals surface area contributed by atoms with Crippen LogP contribution >= 0.6 is 22.9 Å². The second-order valence-corrected chi connectivity index (χ2v) is 8.35. The second-order valence-electron chi connectivity index (χ2n) is 6.95. The van der Waals surface area contributed by atoms with Gasteiger partial charge in [-0.15, -0.1) is 11.3 Å². The van der Waals surface area contributed by atoms with Crippen LogP contribution in [0, 0.1) is 0 Å². The predicted molar refractivity (Wildman–Crippen MR) is 121 cm³/mol. The fourth-order valence-electron chi connectivity index (χ4n) is 3.62. The second kappa shape index (κ2) is 7.34. The number of nitrogens with zero attached hydrogens (tertiary/aromatic N) is 1. The number of fused-ring (bicyclic) bond motifs is 3. The van der Waals surface area contributed by atoms with E-state index in [9.17, 15) is 4.79 Å². The van der Waals surface area contributed by atoms with E-state index in [0.29, 0.717) is 57.2 Å². The molecule has 3 heterocycles. The molecule has 1 aliphatic heterocycles. The van der Waals surface area contributed by atoms with E-state index in [-0.39, 0.29) is 5.91 Å². The number of anilines is 2. The van der Waals surface area contributed by atoms with Gasteiger partial charge in [-0.3, -0.25) is 4.79 Å². The lowest BCUT2D eigenvalue weighted by atomic mass is 10.1. The first-order valence-corrected chi connectivity index (χ1v) is 10.8. The third-order valence-electron chi connectivity index (χ3n) is 5.10. The molecular weight excluding hydrogens is 422 g/mol. The number of pyridine rings is 1. The minimum absolute atomic E-state index is 0.275. The van der Waals surface area contributed by atoms with Gasteiger partial charge in [0.15, 0.2) is 11.5 Å². The largest absolute Gasteiger partial charge is 0.486 e. The van der Waals surface area contributed by atoms with Crippen molar-refractivity contribution in [2.75, 3.05) is 24.3 Å². The first-order chi connectivity index (χ1) is 14.5. The topological polar surface area (TPSA) is 86.5 Å². The smallest absolute Gasteiger partial charge is 0.267 e. The highest BCUT2D eigenvalue weighted by Crippen LogP contribution is 2.39. The molecule has 30 heavy (non-hydrogen) atoms. The molecule has 152 valence electrons. The lowest BCUT2D eigenvalue weighted by molar-refractivity contribution is 0.103. The van der Waals surface area contributed by atoms with E-state index in [1.54, 1.807) is 0 Å². The fraction of sp³-hybridized carbons (Fsp3) is 0.182. The molecule has 0 spiro atoms. The minimum Gasteiger partial charge on any atom is -0.486 e. The van der Waals surface area contributed by atoms with Crippen molar-refractivity contribution < 1.29 is 14.3 Å². The van der Waals surface area contributed by atoms with Crippen LogP contribution in [0.15, 0.2) is 36.4 Å². The Bertz CT molecular complexity index is 1320. The van der Waals surface area contributed by atoms with Gasteiger partial charge in [-0.25, -0.2) is 4.98 Å². The molecule has 4 aromatic rings. The van der Waals surface area contributed by atoms with Crippen LogP contribution in [0.25, 0.3) is 21.1 Å². The highest BCUT2D eigenvalue weighted by atomic mass is 35.5. The van der Waals surface area contributed by atoms with E-state index in [1.165, 1.54) is 11.3 Å². The number of nitrogens with two attached hydrogens (primary N) is 1. The summed E-state index contributed by atoms with van der Waals surface area (Å²) in [5.41, 5.74) is 9.11. The Kier molecular flexibility index (Phi) is 4.64. The molecule has 0 fully saturated rings. The molecular formula is C22H18ClN3O3S. The third kappa shape index (κ3) is 3.11. The summed E-state index contributed by atoms with van der Waals surface area (Å²) in [5.74, 6) is 1.09. The maximum absolute atomic E-state index is 13.0. The number of hydrogen-bond acceptors (Lipinski definition) is 6. The minimum atomic E-state index is -0.275. The van der Waals surface area contributed by atoms with Gasteiger partial charge in [0.1, 0.15) is 22.9 Å². The van der Waals surface area contributed by atoms with Crippen molar-refractivity contribution in [1.29, 1.82) is 0 Å². The standard InChI is InChI=1S/C22H18ClN3O3S/c1-2-12-14(23)4-3-5-15(12)25-21(27)20-19(24)13-8-11-9-17-18(29-7-6-28-17)10-16(11)26-22(13)30-20/h3-5,8-10H,2,6-7,24H2,1H3,(H,25,27). The van der Waals surface area contributed by atoms with E-state index >= 15 is 0 Å². The van der Waals surface area contributed by atoms with Crippen molar-refractivity contribution in [1.82, 2.24) is 4.98 Å². The Morgan fingerprint density at radius 2 is 2.00 bits per heavy atom. The van der Waals surface area contributed by atoms with Crippen molar-refractivity contribution in [3.05, 3.63) is 51.9 Å². The summed E-state index contributed by atoms with van der Waals surface area (Å²) in [6.45, 7) is 3.02. The average Bonchev–Trinajstić information content (AvgIpc) is 3.06. The van der Waals surface area contributed by atoms with Crippen LogP contribution < -0.4 is 20.5 Å². The summed E-state index contributed by atoms with van der Waals surface area (Å²) >= 11 is 7.53. The van der Waals surface area contributed by atoms with Crippen LogP contribution in [0.2, 0.25) is 5.02 Å². The van der Waals surface area contributed by atoms with Gasteiger partial charge in [-0.2, -0.15) is 0 Å². The van der Waals surface area contributed by atoms with Crippen LogP contribution in [-0.2, 0) is 6.42 Å². The molecule has 8 heteroatoms. The summed E-state index contributed by atoms with van der Waals surface area (Å²) in [6, 6.07) is 11.2. The number of hydrogen-bond donors (Lipinski definition) is 2. The first-order valence-electron chi connectivity index (χ1n) is 9.56. The molecule has 3 N–H and O–H groups in total. The molecule has 0 atom stereocenters. The van der Waals surface area contributed by atoms with Crippen molar-refractivity contribution in [2.24, 2.45) is 0 Å². The Labute approximate surface area is 181 Å². The van der Waals surface area contributed by atoms with Crippen LogP contribution in [0.4, 0.5) is 11.4 Å². The third-order valence-corrected chi connectivity index (χ3v) is 6.57. The van der Waals surface area contributed by atoms with E-state index in [1.807, 2.05) is 43.3 Å². The molecule has 2 aromatic carbocycles. The number of rotatable bonds is 3. The first kappa shape index (κ1) is 19.0. The van der Waals surface area contributed by atoms with Crippen LogP contribution in [-0.4, -0.2) is 24.1 Å². The highest BCUT2D eigenvalue weighted by molar-refractivity contribution is 7.21. The zero-order valence-corrected chi connectivity index (χ0v) is 17.7. The number of amides is 1. The number of nitrogen functional groups attached to an aromatic ring is 1. The highest BCUT2D eigenvalue weighted by Gasteiger charge is 2.20. The van der Waals surface area contributed by atoms with E-state index < -0.39 is 0 Å². The number of carbonyl (C=O) groups is 1. The Hall–Kier alpha value is -3.03. The van der Waals surface area contributed by atoms with Crippen LogP contribution in [0.5, 0.6) is 11.5 Å². The Balaban J connectivity index is 1.56. The average molecular weight is 440 g/mol. The molecule has 0 aliphatic carbocycles. The number of thiophene rings is 1. The molecule has 0 saturated heterocycles. The number of halogens is 1. The van der Waals surface area contributed by atoms with E-state index in [0.717, 1.165) is 21.9 Å². The van der Waals surface area contributed by atoms with Gasteiger partial charge in [-0.1, -0.05) is 24.6 Å².